The highest BCUT2D eigenvalue weighted by Crippen LogP contribution is 2.39. The van der Waals surface area contributed by atoms with Crippen molar-refractivity contribution in [3.63, 3.8) is 0 Å². The van der Waals surface area contributed by atoms with Crippen molar-refractivity contribution in [1.29, 1.82) is 0 Å². The first kappa shape index (κ1) is 11.0. The maximum absolute atomic E-state index is 11.6. The molecule has 1 aliphatic carbocycles. The second kappa shape index (κ2) is 4.41. The predicted octanol–water partition coefficient (Wildman–Crippen LogP) is -0.615. The number of nitrogens with zero attached hydrogens (tertiary/aromatic N) is 1. The van der Waals surface area contributed by atoms with Crippen molar-refractivity contribution in [2.45, 2.75) is 6.42 Å². The monoisotopic (exact) mass is 200 g/mol. The van der Waals surface area contributed by atoms with Gasteiger partial charge in [0.2, 0.25) is 5.91 Å². The molecule has 2 N–H and O–H groups in total. The summed E-state index contributed by atoms with van der Waals surface area (Å²) in [4.78, 5) is 23.7. The molecule has 1 rings (SSSR count). The average Bonchev–Trinajstić information content (AvgIpc) is 2.92. The van der Waals surface area contributed by atoms with Crippen LogP contribution in [-0.4, -0.2) is 49.1 Å². The molecule has 5 nitrogen and oxygen atoms in total. The van der Waals surface area contributed by atoms with E-state index in [0.29, 0.717) is 13.0 Å². The lowest BCUT2D eigenvalue weighted by atomic mass is 10.3. The first-order valence-corrected chi connectivity index (χ1v) is 4.70. The minimum Gasteiger partial charge on any atom is -0.481 e. The average molecular weight is 200 g/mol. The Bertz CT molecular complexity index is 242. The number of amides is 1. The van der Waals surface area contributed by atoms with Crippen LogP contribution in [0.15, 0.2) is 0 Å². The van der Waals surface area contributed by atoms with Crippen LogP contribution in [0.5, 0.6) is 0 Å². The molecule has 0 aliphatic heterocycles. The number of aliphatic carboxylic acids is 1. The number of hydrogen-bond acceptors (Lipinski definition) is 3. The lowest BCUT2D eigenvalue weighted by molar-refractivity contribution is -0.141. The lowest BCUT2D eigenvalue weighted by Gasteiger charge is -2.16. The van der Waals surface area contributed by atoms with E-state index in [2.05, 4.69) is 5.32 Å². The second-order valence-electron chi connectivity index (χ2n) is 3.65. The van der Waals surface area contributed by atoms with Crippen molar-refractivity contribution >= 4 is 11.9 Å². The summed E-state index contributed by atoms with van der Waals surface area (Å²) in [6.45, 7) is 1.35. The van der Waals surface area contributed by atoms with Crippen molar-refractivity contribution in [3.05, 3.63) is 0 Å². The van der Waals surface area contributed by atoms with Gasteiger partial charge in [-0.05, 0) is 13.5 Å². The van der Waals surface area contributed by atoms with Gasteiger partial charge in [-0.1, -0.05) is 0 Å². The minimum absolute atomic E-state index is 0.0485. The van der Waals surface area contributed by atoms with Gasteiger partial charge in [0.25, 0.3) is 0 Å². The third-order valence-electron chi connectivity index (χ3n) is 2.50. The zero-order valence-corrected chi connectivity index (χ0v) is 8.49. The largest absolute Gasteiger partial charge is 0.481 e. The van der Waals surface area contributed by atoms with Crippen LogP contribution in [0.2, 0.25) is 0 Å². The molecule has 0 spiro atoms. The molecule has 0 aromatic carbocycles. The van der Waals surface area contributed by atoms with Gasteiger partial charge in [0.1, 0.15) is 0 Å². The van der Waals surface area contributed by atoms with Gasteiger partial charge in [-0.2, -0.15) is 0 Å². The fourth-order valence-electron chi connectivity index (χ4n) is 1.41. The predicted molar refractivity (Wildman–Crippen MR) is 50.8 cm³/mol. The van der Waals surface area contributed by atoms with Crippen LogP contribution in [-0.2, 0) is 9.59 Å². The third-order valence-corrected chi connectivity index (χ3v) is 2.50. The van der Waals surface area contributed by atoms with Gasteiger partial charge >= 0.3 is 5.97 Å². The van der Waals surface area contributed by atoms with Gasteiger partial charge in [-0.15, -0.1) is 0 Å². The molecule has 0 saturated heterocycles. The fourth-order valence-corrected chi connectivity index (χ4v) is 1.41. The van der Waals surface area contributed by atoms with Gasteiger partial charge in [0, 0.05) is 20.1 Å². The molecule has 0 aromatic heterocycles. The number of carboxylic acids is 1. The number of rotatable bonds is 5. The maximum Gasteiger partial charge on any atom is 0.307 e. The molecule has 0 aromatic rings. The van der Waals surface area contributed by atoms with Crippen molar-refractivity contribution in [3.8, 4) is 0 Å². The summed E-state index contributed by atoms with van der Waals surface area (Å²) >= 11 is 0. The highest BCUT2D eigenvalue weighted by molar-refractivity contribution is 5.89. The van der Waals surface area contributed by atoms with E-state index in [-0.39, 0.29) is 11.8 Å². The Balaban J connectivity index is 2.32. The molecule has 0 bridgehead atoms. The summed E-state index contributed by atoms with van der Waals surface area (Å²) in [6, 6.07) is 0. The molecule has 2 unspecified atom stereocenters. The number of carboxylic acid groups (broad SMARTS) is 1. The van der Waals surface area contributed by atoms with Crippen molar-refractivity contribution in [1.82, 2.24) is 10.2 Å². The quantitative estimate of drug-likeness (QED) is 0.621. The van der Waals surface area contributed by atoms with E-state index in [0.717, 1.165) is 6.54 Å². The van der Waals surface area contributed by atoms with Crippen molar-refractivity contribution in [2.24, 2.45) is 11.8 Å². The summed E-state index contributed by atoms with van der Waals surface area (Å²) in [7, 11) is 3.52. The second-order valence-corrected chi connectivity index (χ2v) is 3.65. The normalized spacial score (nSPS) is 24.4. The summed E-state index contributed by atoms with van der Waals surface area (Å²) < 4.78 is 0. The van der Waals surface area contributed by atoms with Crippen LogP contribution < -0.4 is 5.32 Å². The Labute approximate surface area is 83.1 Å². The smallest absolute Gasteiger partial charge is 0.307 e. The first-order valence-electron chi connectivity index (χ1n) is 4.70. The third kappa shape index (κ3) is 2.45. The number of nitrogens with one attached hydrogen (secondary N) is 1. The number of carbonyl (C=O) groups excluding carboxylic acids is 1. The summed E-state index contributed by atoms with van der Waals surface area (Å²) in [6.07, 6.45) is 0.498. The molecule has 0 radical (unpaired) electrons. The van der Waals surface area contributed by atoms with E-state index < -0.39 is 11.9 Å². The maximum atomic E-state index is 11.6. The van der Waals surface area contributed by atoms with Gasteiger partial charge in [0.15, 0.2) is 0 Å². The van der Waals surface area contributed by atoms with Crippen LogP contribution in [0.4, 0.5) is 0 Å². The first-order chi connectivity index (χ1) is 6.57. The van der Waals surface area contributed by atoms with Crippen molar-refractivity contribution < 1.29 is 14.7 Å². The van der Waals surface area contributed by atoms with Crippen LogP contribution in [0.25, 0.3) is 0 Å². The summed E-state index contributed by atoms with van der Waals surface area (Å²) in [5.74, 6) is -1.63. The van der Waals surface area contributed by atoms with E-state index in [1.807, 2.05) is 7.05 Å². The Hall–Kier alpha value is -1.10. The molecule has 1 aliphatic rings. The molecule has 14 heavy (non-hydrogen) atoms. The van der Waals surface area contributed by atoms with E-state index in [1.165, 1.54) is 0 Å². The highest BCUT2D eigenvalue weighted by Gasteiger charge is 2.49. The van der Waals surface area contributed by atoms with E-state index in [1.54, 1.807) is 11.9 Å². The molecule has 1 amide bonds. The highest BCUT2D eigenvalue weighted by atomic mass is 16.4. The van der Waals surface area contributed by atoms with Gasteiger partial charge in [-0.25, -0.2) is 0 Å². The van der Waals surface area contributed by atoms with Crippen molar-refractivity contribution in [2.75, 3.05) is 27.2 Å². The molecule has 1 saturated carbocycles. The fraction of sp³-hybridized carbons (Fsp3) is 0.778. The molecule has 80 valence electrons. The summed E-state index contributed by atoms with van der Waals surface area (Å²) in [5.41, 5.74) is 0. The molecule has 2 atom stereocenters. The Kier molecular flexibility index (Phi) is 3.46. The Morgan fingerprint density at radius 2 is 2.14 bits per heavy atom. The zero-order valence-electron chi connectivity index (χ0n) is 8.49. The van der Waals surface area contributed by atoms with Gasteiger partial charge < -0.3 is 15.3 Å². The number of likely N-dealkylation sites (N-methyl/N-ethyl adjacent to an activating group) is 2. The molecule has 5 heteroatoms. The zero-order chi connectivity index (χ0) is 10.7. The van der Waals surface area contributed by atoms with E-state index >= 15 is 0 Å². The Morgan fingerprint density at radius 3 is 2.57 bits per heavy atom. The molecular formula is C9H16N2O3. The molecule has 0 heterocycles. The van der Waals surface area contributed by atoms with Gasteiger partial charge in [0.05, 0.1) is 11.8 Å². The minimum atomic E-state index is -0.856. The van der Waals surface area contributed by atoms with Crippen LogP contribution in [0.1, 0.15) is 6.42 Å². The lowest BCUT2D eigenvalue weighted by Crippen LogP contribution is -2.34. The molecule has 1 fully saturated rings. The number of carbonyl (C=O) groups is 2. The van der Waals surface area contributed by atoms with E-state index in [9.17, 15) is 9.59 Å². The number of hydrogen-bond donors (Lipinski definition) is 2. The van der Waals surface area contributed by atoms with Crippen LogP contribution in [0.3, 0.4) is 0 Å². The topological polar surface area (TPSA) is 69.6 Å². The Morgan fingerprint density at radius 1 is 1.50 bits per heavy atom. The van der Waals surface area contributed by atoms with Gasteiger partial charge in [-0.3, -0.25) is 9.59 Å². The SMILES string of the molecule is CNCCN(C)C(=O)C1CC1C(=O)O. The summed E-state index contributed by atoms with van der Waals surface area (Å²) in [5, 5.41) is 11.6. The molecular weight excluding hydrogens is 184 g/mol. The standard InChI is InChI=1S/C9H16N2O3/c1-10-3-4-11(2)8(12)6-5-7(6)9(13)14/h6-7,10H,3-5H2,1-2H3,(H,13,14). The van der Waals surface area contributed by atoms with Crippen LogP contribution >= 0.6 is 0 Å². The van der Waals surface area contributed by atoms with E-state index in [4.69, 9.17) is 5.11 Å². The van der Waals surface area contributed by atoms with Crippen LogP contribution in [0, 0.1) is 11.8 Å².